The molecule has 1 heterocycles. The molecule has 1 saturated heterocycles. The third kappa shape index (κ3) is 2.55. The fourth-order valence-electron chi connectivity index (χ4n) is 2.87. The van der Waals surface area contributed by atoms with Crippen molar-refractivity contribution in [1.82, 2.24) is 4.90 Å². The second kappa shape index (κ2) is 5.33. The van der Waals surface area contributed by atoms with Crippen molar-refractivity contribution >= 4 is 21.8 Å². The SMILES string of the molecule is O=C(C1CCCCC1)N1CCC[C@H]1CBr. The normalized spacial score (nSPS) is 28.3. The number of likely N-dealkylation sites (tertiary alicyclic amines) is 1. The first-order valence-electron chi connectivity index (χ1n) is 6.19. The van der Waals surface area contributed by atoms with Gasteiger partial charge in [-0.15, -0.1) is 0 Å². The van der Waals surface area contributed by atoms with Gasteiger partial charge in [0.05, 0.1) is 0 Å². The predicted molar refractivity (Wildman–Crippen MR) is 65.1 cm³/mol. The van der Waals surface area contributed by atoms with Crippen LogP contribution in [0, 0.1) is 5.92 Å². The second-order valence-corrected chi connectivity index (χ2v) is 5.46. The first-order valence-corrected chi connectivity index (χ1v) is 7.31. The van der Waals surface area contributed by atoms with Crippen LogP contribution in [0.25, 0.3) is 0 Å². The minimum absolute atomic E-state index is 0.346. The molecule has 86 valence electrons. The summed E-state index contributed by atoms with van der Waals surface area (Å²) < 4.78 is 0. The summed E-state index contributed by atoms with van der Waals surface area (Å²) in [6.45, 7) is 0.992. The van der Waals surface area contributed by atoms with E-state index in [1.54, 1.807) is 0 Å². The maximum atomic E-state index is 12.3. The molecule has 1 amide bonds. The van der Waals surface area contributed by atoms with Gasteiger partial charge >= 0.3 is 0 Å². The Balaban J connectivity index is 1.93. The Kier molecular flexibility index (Phi) is 4.06. The number of carbonyl (C=O) groups is 1. The number of nitrogens with zero attached hydrogens (tertiary/aromatic N) is 1. The van der Waals surface area contributed by atoms with Crippen LogP contribution >= 0.6 is 15.9 Å². The van der Waals surface area contributed by atoms with Crippen LogP contribution in [0.4, 0.5) is 0 Å². The van der Waals surface area contributed by atoms with Gasteiger partial charge in [0.25, 0.3) is 0 Å². The summed E-state index contributed by atoms with van der Waals surface area (Å²) in [5.41, 5.74) is 0. The van der Waals surface area contributed by atoms with E-state index in [1.807, 2.05) is 0 Å². The van der Waals surface area contributed by atoms with Gasteiger partial charge < -0.3 is 4.90 Å². The number of alkyl halides is 1. The van der Waals surface area contributed by atoms with Gasteiger partial charge in [-0.1, -0.05) is 35.2 Å². The number of amides is 1. The molecule has 0 spiro atoms. The van der Waals surface area contributed by atoms with Gasteiger partial charge in [0.2, 0.25) is 5.91 Å². The lowest BCUT2D eigenvalue weighted by molar-refractivity contribution is -0.137. The highest BCUT2D eigenvalue weighted by Gasteiger charge is 2.32. The van der Waals surface area contributed by atoms with Crippen molar-refractivity contribution < 1.29 is 4.79 Å². The molecule has 0 aromatic carbocycles. The van der Waals surface area contributed by atoms with Gasteiger partial charge in [-0.05, 0) is 25.7 Å². The third-order valence-electron chi connectivity index (χ3n) is 3.79. The van der Waals surface area contributed by atoms with Gasteiger partial charge in [-0.3, -0.25) is 4.79 Å². The fourth-order valence-corrected chi connectivity index (χ4v) is 3.54. The zero-order valence-corrected chi connectivity index (χ0v) is 10.8. The van der Waals surface area contributed by atoms with E-state index in [2.05, 4.69) is 20.8 Å². The van der Waals surface area contributed by atoms with Crippen molar-refractivity contribution in [2.24, 2.45) is 5.92 Å². The number of carbonyl (C=O) groups excluding carboxylic acids is 1. The Morgan fingerprint density at radius 1 is 1.13 bits per heavy atom. The first kappa shape index (κ1) is 11.4. The van der Waals surface area contributed by atoms with Crippen LogP contribution in [0.2, 0.25) is 0 Å². The maximum Gasteiger partial charge on any atom is 0.225 e. The Morgan fingerprint density at radius 2 is 1.87 bits per heavy atom. The molecule has 2 aliphatic rings. The number of hydrogen-bond acceptors (Lipinski definition) is 1. The summed E-state index contributed by atoms with van der Waals surface area (Å²) in [6, 6.07) is 0.472. The molecule has 1 aliphatic carbocycles. The smallest absolute Gasteiger partial charge is 0.225 e. The van der Waals surface area contributed by atoms with E-state index >= 15 is 0 Å². The van der Waals surface area contributed by atoms with Crippen molar-refractivity contribution in [1.29, 1.82) is 0 Å². The molecule has 15 heavy (non-hydrogen) atoms. The highest BCUT2D eigenvalue weighted by molar-refractivity contribution is 9.09. The van der Waals surface area contributed by atoms with Gasteiger partial charge in [-0.2, -0.15) is 0 Å². The molecule has 0 radical (unpaired) electrons. The second-order valence-electron chi connectivity index (χ2n) is 4.82. The van der Waals surface area contributed by atoms with Crippen LogP contribution in [0.3, 0.4) is 0 Å². The van der Waals surface area contributed by atoms with Crippen molar-refractivity contribution in [3.8, 4) is 0 Å². The standard InChI is InChI=1S/C12H20BrNO/c13-9-11-7-4-8-14(11)12(15)10-5-2-1-3-6-10/h10-11H,1-9H2/t11-/m0/s1. The molecule has 1 aliphatic heterocycles. The van der Waals surface area contributed by atoms with Gasteiger partial charge in [0.15, 0.2) is 0 Å². The van der Waals surface area contributed by atoms with Crippen molar-refractivity contribution in [2.75, 3.05) is 11.9 Å². The lowest BCUT2D eigenvalue weighted by atomic mass is 9.88. The monoisotopic (exact) mass is 273 g/mol. The van der Waals surface area contributed by atoms with E-state index in [0.29, 0.717) is 17.9 Å². The molecule has 0 N–H and O–H groups in total. The minimum Gasteiger partial charge on any atom is -0.339 e. The van der Waals surface area contributed by atoms with Crippen molar-refractivity contribution in [3.63, 3.8) is 0 Å². The average Bonchev–Trinajstić information content (AvgIpc) is 2.77. The Labute approximate surface area is 101 Å². The Morgan fingerprint density at radius 3 is 2.53 bits per heavy atom. The van der Waals surface area contributed by atoms with E-state index < -0.39 is 0 Å². The Hall–Kier alpha value is -0.0500. The zero-order chi connectivity index (χ0) is 10.7. The van der Waals surface area contributed by atoms with Crippen LogP contribution in [-0.4, -0.2) is 28.7 Å². The molecule has 3 heteroatoms. The van der Waals surface area contributed by atoms with Crippen LogP contribution in [0.15, 0.2) is 0 Å². The molecule has 1 saturated carbocycles. The van der Waals surface area contributed by atoms with Gasteiger partial charge in [0, 0.05) is 23.8 Å². The molecular formula is C12H20BrNO. The predicted octanol–water partition coefficient (Wildman–Crippen LogP) is 2.95. The van der Waals surface area contributed by atoms with Crippen LogP contribution in [0.5, 0.6) is 0 Å². The topological polar surface area (TPSA) is 20.3 Å². The summed E-state index contributed by atoms with van der Waals surface area (Å²) in [7, 11) is 0. The highest BCUT2D eigenvalue weighted by atomic mass is 79.9. The summed E-state index contributed by atoms with van der Waals surface area (Å²) in [6.07, 6.45) is 8.46. The number of hydrogen-bond donors (Lipinski definition) is 0. The van der Waals surface area contributed by atoms with Crippen LogP contribution in [0.1, 0.15) is 44.9 Å². The molecule has 0 unspecified atom stereocenters. The number of halogens is 1. The van der Waals surface area contributed by atoms with Crippen molar-refractivity contribution in [2.45, 2.75) is 51.0 Å². The van der Waals surface area contributed by atoms with E-state index in [4.69, 9.17) is 0 Å². The van der Waals surface area contributed by atoms with E-state index in [-0.39, 0.29) is 0 Å². The van der Waals surface area contributed by atoms with Crippen LogP contribution < -0.4 is 0 Å². The van der Waals surface area contributed by atoms with Crippen molar-refractivity contribution in [3.05, 3.63) is 0 Å². The largest absolute Gasteiger partial charge is 0.339 e. The molecular weight excluding hydrogens is 254 g/mol. The highest BCUT2D eigenvalue weighted by Crippen LogP contribution is 2.29. The zero-order valence-electron chi connectivity index (χ0n) is 9.25. The molecule has 1 atom stereocenters. The van der Waals surface area contributed by atoms with Crippen LogP contribution in [-0.2, 0) is 4.79 Å². The summed E-state index contributed by atoms with van der Waals surface area (Å²) in [5, 5.41) is 0.950. The van der Waals surface area contributed by atoms with E-state index in [1.165, 1.54) is 32.1 Å². The first-order chi connectivity index (χ1) is 7.33. The summed E-state index contributed by atoms with van der Waals surface area (Å²) in [5.74, 6) is 0.787. The lowest BCUT2D eigenvalue weighted by Gasteiger charge is -2.29. The van der Waals surface area contributed by atoms with Gasteiger partial charge in [-0.25, -0.2) is 0 Å². The fraction of sp³-hybridized carbons (Fsp3) is 0.917. The van der Waals surface area contributed by atoms with E-state index in [0.717, 1.165) is 24.7 Å². The quantitative estimate of drug-likeness (QED) is 0.709. The summed E-state index contributed by atoms with van der Waals surface area (Å²) >= 11 is 3.52. The molecule has 2 fully saturated rings. The molecule has 2 nitrogen and oxygen atoms in total. The lowest BCUT2D eigenvalue weighted by Crippen LogP contribution is -2.41. The molecule has 0 aromatic heterocycles. The molecule has 0 aromatic rings. The molecule has 2 rings (SSSR count). The minimum atomic E-state index is 0.346. The van der Waals surface area contributed by atoms with E-state index in [9.17, 15) is 4.79 Å². The third-order valence-corrected chi connectivity index (χ3v) is 4.54. The maximum absolute atomic E-state index is 12.3. The Bertz CT molecular complexity index is 226. The molecule has 0 bridgehead atoms. The number of rotatable bonds is 2. The van der Waals surface area contributed by atoms with Gasteiger partial charge in [0.1, 0.15) is 0 Å². The summed E-state index contributed by atoms with van der Waals surface area (Å²) in [4.78, 5) is 14.4. The average molecular weight is 274 g/mol.